The number of hydrogen-bond donors (Lipinski definition) is 2. The molecule has 0 amide bonds. The topological polar surface area (TPSA) is 70.9 Å². The average Bonchev–Trinajstić information content (AvgIpc) is 3.30. The molecule has 1 aromatic carbocycles. The maximum absolute atomic E-state index is 14.3. The van der Waals surface area contributed by atoms with Crippen molar-refractivity contribution in [3.63, 3.8) is 0 Å². The highest BCUT2D eigenvalue weighted by atomic mass is 35.5. The van der Waals surface area contributed by atoms with Crippen LogP contribution in [0, 0.1) is 11.6 Å². The minimum atomic E-state index is -0.642. The Morgan fingerprint density at radius 2 is 1.87 bits per heavy atom. The molecule has 7 nitrogen and oxygen atoms in total. The Morgan fingerprint density at radius 3 is 2.71 bits per heavy atom. The molecule has 0 spiro atoms. The number of anilines is 2. The van der Waals surface area contributed by atoms with Crippen molar-refractivity contribution in [1.29, 1.82) is 0 Å². The molecule has 4 heterocycles. The summed E-state index contributed by atoms with van der Waals surface area (Å²) in [6, 6.07) is 4.43. The maximum atomic E-state index is 14.3. The van der Waals surface area contributed by atoms with Crippen molar-refractivity contribution in [1.82, 2.24) is 25.1 Å². The van der Waals surface area contributed by atoms with Crippen LogP contribution in [0.2, 0.25) is 5.02 Å². The number of nitrogens with one attached hydrogen (secondary N) is 2. The minimum absolute atomic E-state index is 0.0960. The van der Waals surface area contributed by atoms with E-state index < -0.39 is 11.6 Å². The van der Waals surface area contributed by atoms with Gasteiger partial charge in [-0.25, -0.2) is 18.7 Å². The van der Waals surface area contributed by atoms with Crippen LogP contribution in [0.25, 0.3) is 11.4 Å². The van der Waals surface area contributed by atoms with Crippen LogP contribution in [-0.4, -0.2) is 45.9 Å². The average molecular weight is 446 g/mol. The van der Waals surface area contributed by atoms with Gasteiger partial charge in [-0.3, -0.25) is 4.68 Å². The summed E-state index contributed by atoms with van der Waals surface area (Å²) in [5.41, 5.74) is 1.47. The molecule has 10 heteroatoms. The van der Waals surface area contributed by atoms with Crippen LogP contribution in [0.3, 0.4) is 0 Å². The molecular weight excluding hydrogens is 424 g/mol. The van der Waals surface area contributed by atoms with Crippen molar-refractivity contribution in [2.24, 2.45) is 0 Å². The predicted molar refractivity (Wildman–Crippen MR) is 115 cm³/mol. The molecule has 31 heavy (non-hydrogen) atoms. The second kappa shape index (κ2) is 8.39. The number of halogens is 3. The normalized spacial score (nSPS) is 16.8. The third-order valence-electron chi connectivity index (χ3n) is 5.77. The summed E-state index contributed by atoms with van der Waals surface area (Å²) in [7, 11) is 0. The summed E-state index contributed by atoms with van der Waals surface area (Å²) in [6.45, 7) is 3.23. The molecule has 5 rings (SSSR count). The molecule has 0 bridgehead atoms. The number of benzene rings is 1. The van der Waals surface area contributed by atoms with E-state index in [1.165, 1.54) is 0 Å². The Hall–Kier alpha value is -2.78. The summed E-state index contributed by atoms with van der Waals surface area (Å²) in [6.07, 6.45) is 5.73. The number of aromatic nitrogens is 4. The van der Waals surface area contributed by atoms with Crippen molar-refractivity contribution >= 4 is 23.2 Å². The number of rotatable bonds is 4. The van der Waals surface area contributed by atoms with Gasteiger partial charge in [-0.05, 0) is 44.1 Å². The van der Waals surface area contributed by atoms with Gasteiger partial charge in [-0.2, -0.15) is 5.10 Å². The molecule has 2 aliphatic rings. The van der Waals surface area contributed by atoms with Gasteiger partial charge in [0.2, 0.25) is 0 Å². The fraction of sp³-hybridized carbons (Fsp3) is 0.381. The van der Waals surface area contributed by atoms with Crippen LogP contribution in [0.15, 0.2) is 30.6 Å². The van der Waals surface area contributed by atoms with Gasteiger partial charge >= 0.3 is 0 Å². The molecule has 0 radical (unpaired) electrons. The molecule has 2 N–H and O–H groups in total. The van der Waals surface area contributed by atoms with Gasteiger partial charge in [-0.1, -0.05) is 11.6 Å². The molecule has 2 aliphatic heterocycles. The van der Waals surface area contributed by atoms with E-state index in [1.54, 1.807) is 6.20 Å². The molecule has 1 saturated heterocycles. The Labute approximate surface area is 183 Å². The summed E-state index contributed by atoms with van der Waals surface area (Å²) in [5.74, 6) is -0.0198. The van der Waals surface area contributed by atoms with E-state index in [9.17, 15) is 8.78 Å². The van der Waals surface area contributed by atoms with Gasteiger partial charge in [-0.15, -0.1) is 0 Å². The number of nitrogens with zero attached hydrogens (tertiary/aromatic N) is 5. The van der Waals surface area contributed by atoms with Crippen LogP contribution in [-0.2, 0) is 6.54 Å². The number of piperidine rings is 1. The molecule has 0 unspecified atom stereocenters. The second-order valence-corrected chi connectivity index (χ2v) is 8.14. The smallest absolute Gasteiger partial charge is 0.172 e. The Morgan fingerprint density at radius 1 is 1.06 bits per heavy atom. The molecule has 2 aromatic heterocycles. The van der Waals surface area contributed by atoms with Gasteiger partial charge in [0.1, 0.15) is 23.0 Å². The van der Waals surface area contributed by atoms with Crippen molar-refractivity contribution in [3.05, 3.63) is 52.8 Å². The predicted octanol–water partition coefficient (Wildman–Crippen LogP) is 3.63. The van der Waals surface area contributed by atoms with Crippen molar-refractivity contribution in [2.45, 2.75) is 25.4 Å². The zero-order valence-corrected chi connectivity index (χ0v) is 17.5. The van der Waals surface area contributed by atoms with Crippen molar-refractivity contribution in [2.75, 3.05) is 36.4 Å². The van der Waals surface area contributed by atoms with Crippen LogP contribution >= 0.6 is 11.6 Å². The van der Waals surface area contributed by atoms with E-state index in [1.807, 2.05) is 21.8 Å². The first kappa shape index (κ1) is 20.1. The fourth-order valence-corrected chi connectivity index (χ4v) is 4.28. The van der Waals surface area contributed by atoms with Crippen LogP contribution in [0.1, 0.15) is 24.4 Å². The molecule has 1 fully saturated rings. The maximum Gasteiger partial charge on any atom is 0.172 e. The van der Waals surface area contributed by atoms with Crippen LogP contribution in [0.4, 0.5) is 20.4 Å². The lowest BCUT2D eigenvalue weighted by molar-refractivity contribution is 0.343. The summed E-state index contributed by atoms with van der Waals surface area (Å²) >= 11 is 6.04. The largest absolute Gasteiger partial charge is 0.365 e. The Kier molecular flexibility index (Phi) is 5.45. The molecule has 0 aliphatic carbocycles. The van der Waals surface area contributed by atoms with Crippen molar-refractivity contribution in [3.8, 4) is 11.4 Å². The first-order valence-corrected chi connectivity index (χ1v) is 10.7. The van der Waals surface area contributed by atoms with Gasteiger partial charge < -0.3 is 15.5 Å². The third-order valence-corrected chi connectivity index (χ3v) is 6.18. The highest BCUT2D eigenvalue weighted by molar-refractivity contribution is 6.31. The lowest BCUT2D eigenvalue weighted by Gasteiger charge is -2.30. The van der Waals surface area contributed by atoms with E-state index in [4.69, 9.17) is 21.7 Å². The summed E-state index contributed by atoms with van der Waals surface area (Å²) in [4.78, 5) is 11.1. The molecular formula is C21H22ClF2N7. The zero-order valence-electron chi connectivity index (χ0n) is 16.8. The minimum Gasteiger partial charge on any atom is -0.365 e. The van der Waals surface area contributed by atoms with Gasteiger partial charge in [0.15, 0.2) is 11.6 Å². The highest BCUT2D eigenvalue weighted by Gasteiger charge is 2.24. The lowest BCUT2D eigenvalue weighted by atomic mass is 10.1. The van der Waals surface area contributed by atoms with E-state index in [-0.39, 0.29) is 17.1 Å². The van der Waals surface area contributed by atoms with Gasteiger partial charge in [0.05, 0.1) is 17.3 Å². The van der Waals surface area contributed by atoms with Crippen molar-refractivity contribution < 1.29 is 8.78 Å². The number of hydrogen-bond acceptors (Lipinski definition) is 6. The Bertz CT molecular complexity index is 1100. The standard InChI is InChI=1S/C21H22ClF2N7/c22-19-14(15(23)1-2-16(19)24)12-30-10-8-26-20-21(30)28-18(11-27-20)17-5-9-31(29-17)13-3-6-25-7-4-13/h1-2,5,9,11,13,25H,3-4,6-8,10,12H2,(H,26,27). The molecule has 3 aromatic rings. The SMILES string of the molecule is Fc1ccc(F)c(CN2CCNc3ncc(-c4ccn(C5CCNCC5)n4)nc32)c1Cl. The first-order chi connectivity index (χ1) is 15.1. The van der Waals surface area contributed by atoms with Crippen LogP contribution in [0.5, 0.6) is 0 Å². The van der Waals surface area contributed by atoms with Crippen LogP contribution < -0.4 is 15.5 Å². The van der Waals surface area contributed by atoms with E-state index in [0.29, 0.717) is 36.5 Å². The number of fused-ring (bicyclic) bond motifs is 1. The quantitative estimate of drug-likeness (QED) is 0.598. The third kappa shape index (κ3) is 3.95. The summed E-state index contributed by atoms with van der Waals surface area (Å²) < 4.78 is 30.2. The highest BCUT2D eigenvalue weighted by Crippen LogP contribution is 2.32. The molecule has 0 atom stereocenters. The molecule has 0 saturated carbocycles. The Balaban J connectivity index is 1.44. The van der Waals surface area contributed by atoms with E-state index in [2.05, 4.69) is 15.6 Å². The summed E-state index contributed by atoms with van der Waals surface area (Å²) in [5, 5.41) is 11.1. The zero-order chi connectivity index (χ0) is 21.4. The van der Waals surface area contributed by atoms with Gasteiger partial charge in [0.25, 0.3) is 0 Å². The first-order valence-electron chi connectivity index (χ1n) is 10.3. The second-order valence-electron chi connectivity index (χ2n) is 7.76. The van der Waals surface area contributed by atoms with E-state index in [0.717, 1.165) is 43.8 Å². The van der Waals surface area contributed by atoms with Gasteiger partial charge in [0, 0.05) is 31.4 Å². The lowest BCUT2D eigenvalue weighted by Crippen LogP contribution is -2.35. The van der Waals surface area contributed by atoms with E-state index >= 15 is 0 Å². The monoisotopic (exact) mass is 445 g/mol. The molecule has 162 valence electrons. The fourth-order valence-electron chi connectivity index (χ4n) is 4.07.